The highest BCUT2D eigenvalue weighted by atomic mass is 16.3. The predicted molar refractivity (Wildman–Crippen MR) is 220 cm³/mol. The summed E-state index contributed by atoms with van der Waals surface area (Å²) in [7, 11) is 0. The molecule has 0 saturated heterocycles. The van der Waals surface area contributed by atoms with Gasteiger partial charge in [-0.3, -0.25) is 0 Å². The number of benzene rings is 10. The first kappa shape index (κ1) is 28.9. The van der Waals surface area contributed by atoms with Crippen molar-refractivity contribution in [3.8, 4) is 33.4 Å². The Morgan fingerprint density at radius 3 is 1.63 bits per heavy atom. The van der Waals surface area contributed by atoms with Crippen molar-refractivity contribution in [3.05, 3.63) is 188 Å². The quantitative estimate of drug-likeness (QED) is 0.130. The number of fused-ring (bicyclic) bond motifs is 1. The first-order valence-electron chi connectivity index (χ1n) is 17.8. The fraction of sp³-hybridized carbons (Fsp3) is 0. The summed E-state index contributed by atoms with van der Waals surface area (Å²) < 4.78 is 6.76. The highest BCUT2D eigenvalue weighted by Gasteiger charge is 2.23. The van der Waals surface area contributed by atoms with Gasteiger partial charge < -0.3 is 9.32 Å². The third-order valence-corrected chi connectivity index (χ3v) is 10.8. The molecule has 0 aliphatic rings. The molecule has 0 amide bonds. The number of hydrogen-bond donors (Lipinski definition) is 0. The Hall–Kier alpha value is -6.90. The number of nitrogens with zero attached hydrogens (tertiary/aromatic N) is 1. The maximum Gasteiger partial charge on any atom is 0.143 e. The summed E-state index contributed by atoms with van der Waals surface area (Å²) >= 11 is 0. The van der Waals surface area contributed by atoms with Gasteiger partial charge in [0.25, 0.3) is 0 Å². The van der Waals surface area contributed by atoms with E-state index in [2.05, 4.69) is 193 Å². The molecule has 52 heavy (non-hydrogen) atoms. The lowest BCUT2D eigenvalue weighted by atomic mass is 9.87. The van der Waals surface area contributed by atoms with Crippen LogP contribution in [0.3, 0.4) is 0 Å². The highest BCUT2D eigenvalue weighted by Crippen LogP contribution is 2.49. The number of furan rings is 1. The lowest BCUT2D eigenvalue weighted by Gasteiger charge is -2.26. The minimum absolute atomic E-state index is 0.942. The van der Waals surface area contributed by atoms with Gasteiger partial charge in [-0.15, -0.1) is 0 Å². The van der Waals surface area contributed by atoms with E-state index >= 15 is 0 Å². The third-order valence-electron chi connectivity index (χ3n) is 10.8. The Labute approximate surface area is 301 Å². The summed E-state index contributed by atoms with van der Waals surface area (Å²) in [6.45, 7) is 0. The fourth-order valence-corrected chi connectivity index (χ4v) is 8.37. The minimum Gasteiger partial charge on any atom is -0.455 e. The second kappa shape index (κ2) is 11.3. The predicted octanol–water partition coefficient (Wildman–Crippen LogP) is 14.4. The first-order chi connectivity index (χ1) is 25.8. The van der Waals surface area contributed by atoms with E-state index in [9.17, 15) is 0 Å². The maximum absolute atomic E-state index is 6.76. The van der Waals surface area contributed by atoms with Crippen LogP contribution in [0.15, 0.2) is 192 Å². The summed E-state index contributed by atoms with van der Waals surface area (Å²) in [6.07, 6.45) is 0. The molecule has 0 radical (unpaired) electrons. The average molecular weight is 662 g/mol. The van der Waals surface area contributed by atoms with Crippen molar-refractivity contribution in [2.24, 2.45) is 0 Å². The fourth-order valence-electron chi connectivity index (χ4n) is 8.37. The van der Waals surface area contributed by atoms with Crippen molar-refractivity contribution in [2.45, 2.75) is 0 Å². The van der Waals surface area contributed by atoms with Gasteiger partial charge in [0, 0.05) is 38.8 Å². The maximum atomic E-state index is 6.76. The highest BCUT2D eigenvalue weighted by molar-refractivity contribution is 6.40. The zero-order valence-corrected chi connectivity index (χ0v) is 28.3. The van der Waals surface area contributed by atoms with E-state index in [1.54, 1.807) is 0 Å². The van der Waals surface area contributed by atoms with Crippen LogP contribution in [0, 0.1) is 0 Å². The molecule has 0 fully saturated rings. The number of para-hydroxylation sites is 1. The van der Waals surface area contributed by atoms with Crippen LogP contribution >= 0.6 is 0 Å². The van der Waals surface area contributed by atoms with Crippen LogP contribution in [0.1, 0.15) is 0 Å². The summed E-state index contributed by atoms with van der Waals surface area (Å²) in [5, 5.41) is 10.1. The Bertz CT molecular complexity index is 3030. The van der Waals surface area contributed by atoms with E-state index in [4.69, 9.17) is 4.42 Å². The molecule has 0 aliphatic carbocycles. The van der Waals surface area contributed by atoms with Gasteiger partial charge >= 0.3 is 0 Å². The molecular weight excluding hydrogens is 631 g/mol. The van der Waals surface area contributed by atoms with Crippen molar-refractivity contribution in [2.75, 3.05) is 4.90 Å². The standard InChI is InChI=1S/C50H31NO/c1-3-10-32(11-4-1)33-22-26-40(27-23-33)51(39-15-5-2-6-16-39)41-28-24-34(25-29-41)36-13-7-14-37(30-36)44-31-38-21-20-35-12-8-17-42-43-18-9-19-45-48(43)49(50(44)52-45)47(38)46(35)42/h1-31H. The van der Waals surface area contributed by atoms with Gasteiger partial charge in [0.15, 0.2) is 0 Å². The Kier molecular flexibility index (Phi) is 6.28. The normalized spacial score (nSPS) is 11.8. The second-order valence-corrected chi connectivity index (χ2v) is 13.7. The molecule has 0 N–H and O–H groups in total. The summed E-state index contributed by atoms with van der Waals surface area (Å²) in [6, 6.07) is 67.7. The third kappa shape index (κ3) is 4.38. The largest absolute Gasteiger partial charge is 0.455 e. The van der Waals surface area contributed by atoms with Crippen LogP contribution in [-0.4, -0.2) is 0 Å². The van der Waals surface area contributed by atoms with Crippen molar-refractivity contribution >= 4 is 71.3 Å². The zero-order chi connectivity index (χ0) is 34.2. The number of rotatable bonds is 6. The van der Waals surface area contributed by atoms with Crippen molar-refractivity contribution in [1.29, 1.82) is 0 Å². The smallest absolute Gasteiger partial charge is 0.143 e. The molecule has 10 aromatic carbocycles. The molecule has 11 rings (SSSR count). The van der Waals surface area contributed by atoms with Gasteiger partial charge in [-0.2, -0.15) is 0 Å². The lowest BCUT2D eigenvalue weighted by Crippen LogP contribution is -2.09. The van der Waals surface area contributed by atoms with E-state index in [0.717, 1.165) is 39.4 Å². The number of hydrogen-bond acceptors (Lipinski definition) is 2. The zero-order valence-electron chi connectivity index (χ0n) is 28.3. The summed E-state index contributed by atoms with van der Waals surface area (Å²) in [5.41, 5.74) is 12.3. The van der Waals surface area contributed by atoms with Gasteiger partial charge in [-0.25, -0.2) is 0 Å². The molecule has 0 aliphatic heterocycles. The molecule has 0 bridgehead atoms. The average Bonchev–Trinajstić information content (AvgIpc) is 3.62. The van der Waals surface area contributed by atoms with E-state index in [0.29, 0.717) is 0 Å². The van der Waals surface area contributed by atoms with Gasteiger partial charge in [0.05, 0.1) is 0 Å². The van der Waals surface area contributed by atoms with E-state index in [1.807, 2.05) is 0 Å². The summed E-state index contributed by atoms with van der Waals surface area (Å²) in [5.74, 6) is 0. The molecule has 1 heterocycles. The van der Waals surface area contributed by atoms with Crippen LogP contribution in [0.25, 0.3) is 87.6 Å². The van der Waals surface area contributed by atoms with Crippen molar-refractivity contribution < 1.29 is 4.42 Å². The van der Waals surface area contributed by atoms with Gasteiger partial charge in [0.2, 0.25) is 0 Å². The first-order valence-corrected chi connectivity index (χ1v) is 17.8. The monoisotopic (exact) mass is 661 g/mol. The topological polar surface area (TPSA) is 16.4 Å². The molecule has 11 aromatic rings. The van der Waals surface area contributed by atoms with Gasteiger partial charge in [-0.05, 0) is 109 Å². The molecular formula is C50H31NO. The molecule has 0 unspecified atom stereocenters. The van der Waals surface area contributed by atoms with Crippen LogP contribution in [0.4, 0.5) is 17.1 Å². The van der Waals surface area contributed by atoms with Gasteiger partial charge in [-0.1, -0.05) is 133 Å². The van der Waals surface area contributed by atoms with Crippen LogP contribution in [0.5, 0.6) is 0 Å². The number of anilines is 3. The van der Waals surface area contributed by atoms with E-state index < -0.39 is 0 Å². The van der Waals surface area contributed by atoms with Crippen LogP contribution in [-0.2, 0) is 0 Å². The van der Waals surface area contributed by atoms with Crippen LogP contribution in [0.2, 0.25) is 0 Å². The molecule has 0 spiro atoms. The van der Waals surface area contributed by atoms with E-state index in [-0.39, 0.29) is 0 Å². The molecule has 2 nitrogen and oxygen atoms in total. The molecule has 0 saturated carbocycles. The minimum atomic E-state index is 0.942. The SMILES string of the molecule is c1ccc(-c2ccc(N(c3ccccc3)c3ccc(-c4cccc(-c5cc6ccc7cccc8c9cccc%10oc5c(c%109)c6c78)c4)cc3)cc2)cc1. The summed E-state index contributed by atoms with van der Waals surface area (Å²) in [4.78, 5) is 2.32. The lowest BCUT2D eigenvalue weighted by molar-refractivity contribution is 0.670. The Morgan fingerprint density at radius 2 is 0.885 bits per heavy atom. The van der Waals surface area contributed by atoms with E-state index in [1.165, 1.54) is 65.3 Å². The van der Waals surface area contributed by atoms with Crippen molar-refractivity contribution in [3.63, 3.8) is 0 Å². The van der Waals surface area contributed by atoms with Crippen LogP contribution < -0.4 is 4.90 Å². The van der Waals surface area contributed by atoms with Crippen molar-refractivity contribution in [1.82, 2.24) is 0 Å². The molecule has 242 valence electrons. The molecule has 1 aromatic heterocycles. The Balaban J connectivity index is 1.00. The molecule has 0 atom stereocenters. The van der Waals surface area contributed by atoms with Gasteiger partial charge in [0.1, 0.15) is 11.2 Å². The molecule has 2 heteroatoms. The second-order valence-electron chi connectivity index (χ2n) is 13.7. The Morgan fingerprint density at radius 1 is 0.327 bits per heavy atom.